The summed E-state index contributed by atoms with van der Waals surface area (Å²) >= 11 is 0. The van der Waals surface area contributed by atoms with Crippen LogP contribution in [0, 0.1) is 0 Å². The van der Waals surface area contributed by atoms with E-state index >= 15 is 0 Å². The first kappa shape index (κ1) is 8.81. The lowest BCUT2D eigenvalue weighted by Crippen LogP contribution is -1.92. The topological polar surface area (TPSA) is 39.2 Å². The summed E-state index contributed by atoms with van der Waals surface area (Å²) in [5.41, 5.74) is 6.45. The Hall–Kier alpha value is -1.28. The average Bonchev–Trinajstić information content (AvgIpc) is 2.53. The lowest BCUT2D eigenvalue weighted by molar-refractivity contribution is 0.556. The molecule has 0 radical (unpaired) electrons. The molecule has 0 bridgehead atoms. The summed E-state index contributed by atoms with van der Waals surface area (Å²) in [6, 6.07) is 3.78. The summed E-state index contributed by atoms with van der Waals surface area (Å²) in [5, 5.41) is 0. The highest BCUT2D eigenvalue weighted by Gasteiger charge is 1.88. The minimum absolute atomic E-state index is 0.573. The van der Waals surface area contributed by atoms with Crippen LogP contribution in [0.4, 0.5) is 0 Å². The van der Waals surface area contributed by atoms with Crippen LogP contribution in [0.1, 0.15) is 12.7 Å². The molecule has 64 valence electrons. The number of hydrogen-bond donors (Lipinski definition) is 1. The smallest absolute Gasteiger partial charge is 0.126 e. The van der Waals surface area contributed by atoms with E-state index in [2.05, 4.69) is 0 Å². The maximum atomic E-state index is 5.31. The predicted octanol–water partition coefficient (Wildman–Crippen LogP) is 2.20. The predicted molar refractivity (Wildman–Crippen MR) is 50.6 cm³/mol. The van der Waals surface area contributed by atoms with Crippen LogP contribution in [0.3, 0.4) is 0 Å². The first-order chi connectivity index (χ1) is 5.83. The van der Waals surface area contributed by atoms with Gasteiger partial charge in [-0.25, -0.2) is 0 Å². The zero-order valence-corrected chi connectivity index (χ0v) is 7.16. The zero-order chi connectivity index (χ0) is 8.81. The molecule has 2 N–H and O–H groups in total. The molecule has 0 fully saturated rings. The van der Waals surface area contributed by atoms with Gasteiger partial charge in [-0.3, -0.25) is 0 Å². The zero-order valence-electron chi connectivity index (χ0n) is 7.16. The molecule has 0 aliphatic heterocycles. The third-order valence-electron chi connectivity index (χ3n) is 1.43. The number of allylic oxidation sites excluding steroid dienone is 2. The van der Waals surface area contributed by atoms with Crippen LogP contribution in [-0.4, -0.2) is 6.54 Å². The second-order valence-electron chi connectivity index (χ2n) is 2.54. The van der Waals surface area contributed by atoms with Crippen LogP contribution in [0.15, 0.2) is 40.5 Å². The Morgan fingerprint density at radius 2 is 2.50 bits per heavy atom. The summed E-state index contributed by atoms with van der Waals surface area (Å²) in [4.78, 5) is 0. The van der Waals surface area contributed by atoms with Gasteiger partial charge in [-0.05, 0) is 30.7 Å². The van der Waals surface area contributed by atoms with E-state index in [4.69, 9.17) is 10.2 Å². The molecule has 1 heterocycles. The molecule has 0 spiro atoms. The molecule has 2 heteroatoms. The maximum absolute atomic E-state index is 5.31. The SMILES string of the molecule is CC(/C=C/CN)=C\c1ccco1. The fourth-order valence-corrected chi connectivity index (χ4v) is 0.900. The molecule has 1 rings (SSSR count). The van der Waals surface area contributed by atoms with E-state index in [9.17, 15) is 0 Å². The number of hydrogen-bond acceptors (Lipinski definition) is 2. The quantitative estimate of drug-likeness (QED) is 0.694. The Bertz CT molecular complexity index is 270. The van der Waals surface area contributed by atoms with Gasteiger partial charge in [-0.1, -0.05) is 12.2 Å². The Balaban J connectivity index is 2.63. The summed E-state index contributed by atoms with van der Waals surface area (Å²) in [6.45, 7) is 2.58. The van der Waals surface area contributed by atoms with E-state index in [-0.39, 0.29) is 0 Å². The molecule has 2 nitrogen and oxygen atoms in total. The molecular formula is C10H13NO. The van der Waals surface area contributed by atoms with Gasteiger partial charge in [0, 0.05) is 6.54 Å². The fraction of sp³-hybridized carbons (Fsp3) is 0.200. The molecule has 0 aliphatic rings. The maximum Gasteiger partial charge on any atom is 0.126 e. The Morgan fingerprint density at radius 1 is 1.67 bits per heavy atom. The van der Waals surface area contributed by atoms with E-state index < -0.39 is 0 Å². The second-order valence-corrected chi connectivity index (χ2v) is 2.54. The monoisotopic (exact) mass is 163 g/mol. The van der Waals surface area contributed by atoms with E-state index in [0.29, 0.717) is 6.54 Å². The first-order valence-corrected chi connectivity index (χ1v) is 3.91. The molecule has 1 aromatic rings. The fourth-order valence-electron chi connectivity index (χ4n) is 0.900. The molecule has 0 aromatic carbocycles. The number of rotatable bonds is 3. The van der Waals surface area contributed by atoms with Gasteiger partial charge in [0.1, 0.15) is 5.76 Å². The standard InChI is InChI=1S/C10H13NO/c1-9(4-2-6-11)8-10-5-3-7-12-10/h2-5,7-8H,6,11H2,1H3/b4-2+,9-8+. The van der Waals surface area contributed by atoms with Gasteiger partial charge in [-0.2, -0.15) is 0 Å². The number of furan rings is 1. The molecule has 1 aromatic heterocycles. The van der Waals surface area contributed by atoms with Crippen LogP contribution in [-0.2, 0) is 0 Å². The third-order valence-corrected chi connectivity index (χ3v) is 1.43. The van der Waals surface area contributed by atoms with Crippen molar-refractivity contribution in [2.24, 2.45) is 5.73 Å². The summed E-state index contributed by atoms with van der Waals surface area (Å²) in [6.07, 6.45) is 7.51. The van der Waals surface area contributed by atoms with Crippen molar-refractivity contribution >= 4 is 6.08 Å². The highest BCUT2D eigenvalue weighted by Crippen LogP contribution is 2.07. The largest absolute Gasteiger partial charge is 0.465 e. The molecule has 0 atom stereocenters. The summed E-state index contributed by atoms with van der Waals surface area (Å²) < 4.78 is 5.14. The minimum atomic E-state index is 0.573. The van der Waals surface area contributed by atoms with Crippen molar-refractivity contribution in [2.45, 2.75) is 6.92 Å². The van der Waals surface area contributed by atoms with Gasteiger partial charge in [0.15, 0.2) is 0 Å². The van der Waals surface area contributed by atoms with Crippen molar-refractivity contribution in [3.05, 3.63) is 41.9 Å². The Labute approximate surface area is 72.4 Å². The molecule has 0 unspecified atom stereocenters. The minimum Gasteiger partial charge on any atom is -0.465 e. The number of nitrogens with two attached hydrogens (primary N) is 1. The molecule has 0 amide bonds. The van der Waals surface area contributed by atoms with E-state index in [0.717, 1.165) is 11.3 Å². The van der Waals surface area contributed by atoms with Gasteiger partial charge in [0.2, 0.25) is 0 Å². The molecule has 0 aliphatic carbocycles. The molecule has 0 saturated heterocycles. The Morgan fingerprint density at radius 3 is 3.08 bits per heavy atom. The van der Waals surface area contributed by atoms with Crippen LogP contribution in [0.5, 0.6) is 0 Å². The van der Waals surface area contributed by atoms with Crippen molar-refractivity contribution in [1.29, 1.82) is 0 Å². The molecule has 12 heavy (non-hydrogen) atoms. The normalized spacial score (nSPS) is 12.7. The van der Waals surface area contributed by atoms with Crippen molar-refractivity contribution in [1.82, 2.24) is 0 Å². The first-order valence-electron chi connectivity index (χ1n) is 3.91. The molecular weight excluding hydrogens is 150 g/mol. The molecule has 0 saturated carbocycles. The van der Waals surface area contributed by atoms with Crippen molar-refractivity contribution in [3.63, 3.8) is 0 Å². The highest BCUT2D eigenvalue weighted by molar-refractivity contribution is 5.50. The van der Waals surface area contributed by atoms with Crippen LogP contribution < -0.4 is 5.73 Å². The average molecular weight is 163 g/mol. The third kappa shape index (κ3) is 2.76. The lowest BCUT2D eigenvalue weighted by atomic mass is 10.2. The van der Waals surface area contributed by atoms with Crippen LogP contribution in [0.2, 0.25) is 0 Å². The second kappa shape index (κ2) is 4.57. The van der Waals surface area contributed by atoms with Gasteiger partial charge in [0.05, 0.1) is 6.26 Å². The van der Waals surface area contributed by atoms with Gasteiger partial charge >= 0.3 is 0 Å². The van der Waals surface area contributed by atoms with Crippen LogP contribution >= 0.6 is 0 Å². The van der Waals surface area contributed by atoms with Gasteiger partial charge in [-0.15, -0.1) is 0 Å². The van der Waals surface area contributed by atoms with Crippen molar-refractivity contribution in [3.8, 4) is 0 Å². The summed E-state index contributed by atoms with van der Waals surface area (Å²) in [5.74, 6) is 0.870. The van der Waals surface area contributed by atoms with E-state index in [1.807, 2.05) is 37.3 Å². The van der Waals surface area contributed by atoms with E-state index in [1.54, 1.807) is 6.26 Å². The van der Waals surface area contributed by atoms with Crippen molar-refractivity contribution < 1.29 is 4.42 Å². The Kier molecular flexibility index (Phi) is 3.35. The van der Waals surface area contributed by atoms with Crippen molar-refractivity contribution in [2.75, 3.05) is 6.54 Å². The van der Waals surface area contributed by atoms with E-state index in [1.165, 1.54) is 0 Å². The van der Waals surface area contributed by atoms with Crippen LogP contribution in [0.25, 0.3) is 6.08 Å². The van der Waals surface area contributed by atoms with Gasteiger partial charge < -0.3 is 10.2 Å². The van der Waals surface area contributed by atoms with Gasteiger partial charge in [0.25, 0.3) is 0 Å². The lowest BCUT2D eigenvalue weighted by Gasteiger charge is -1.89. The summed E-state index contributed by atoms with van der Waals surface area (Å²) in [7, 11) is 0. The highest BCUT2D eigenvalue weighted by atomic mass is 16.3.